The van der Waals surface area contributed by atoms with Crippen molar-refractivity contribution in [2.24, 2.45) is 0 Å². The Balaban J connectivity index is 1.40. The first-order valence-electron chi connectivity index (χ1n) is 9.64. The zero-order chi connectivity index (χ0) is 22.6. The molecule has 0 saturated carbocycles. The Morgan fingerprint density at radius 1 is 1.03 bits per heavy atom. The van der Waals surface area contributed by atoms with Gasteiger partial charge in [-0.1, -0.05) is 0 Å². The van der Waals surface area contributed by atoms with E-state index >= 15 is 0 Å². The Hall–Kier alpha value is -3.44. The highest BCUT2D eigenvalue weighted by Crippen LogP contribution is 2.36. The zero-order valence-electron chi connectivity index (χ0n) is 17.2. The monoisotopic (exact) mass is 470 g/mol. The number of hydrogen-bond donors (Lipinski definition) is 1. The Morgan fingerprint density at radius 2 is 1.81 bits per heavy atom. The van der Waals surface area contributed by atoms with Crippen LogP contribution in [0.5, 0.6) is 5.75 Å². The lowest BCUT2D eigenvalue weighted by Gasteiger charge is -2.26. The van der Waals surface area contributed by atoms with Crippen LogP contribution in [-0.2, 0) is 26.0 Å². The average Bonchev–Trinajstić information content (AvgIpc) is 3.34. The van der Waals surface area contributed by atoms with E-state index in [1.807, 2.05) is 6.07 Å². The molecule has 1 N–H and O–H groups in total. The minimum atomic E-state index is -3.87. The van der Waals surface area contributed by atoms with Crippen LogP contribution in [0.15, 0.2) is 46.7 Å². The summed E-state index contributed by atoms with van der Waals surface area (Å²) >= 11 is 1.16. The number of amides is 2. The molecule has 0 bridgehead atoms. The topological polar surface area (TPSA) is 109 Å². The molecule has 0 unspecified atom stereocenters. The second-order valence-corrected chi connectivity index (χ2v) is 10.0. The Bertz CT molecular complexity index is 1380. The number of benzene rings is 2. The van der Waals surface area contributed by atoms with E-state index < -0.39 is 10.0 Å². The van der Waals surface area contributed by atoms with Gasteiger partial charge in [0.05, 0.1) is 22.7 Å². The molecule has 5 rings (SSSR count). The van der Waals surface area contributed by atoms with E-state index in [0.717, 1.165) is 16.9 Å². The van der Waals surface area contributed by atoms with Crippen molar-refractivity contribution in [2.75, 3.05) is 35.2 Å². The van der Waals surface area contributed by atoms with Crippen LogP contribution >= 0.6 is 11.3 Å². The van der Waals surface area contributed by atoms with E-state index in [9.17, 15) is 18.0 Å². The van der Waals surface area contributed by atoms with Gasteiger partial charge in [-0.05, 0) is 42.0 Å². The number of likely N-dealkylation sites (N-methyl/N-ethyl adjacent to an activating group) is 2. The van der Waals surface area contributed by atoms with Gasteiger partial charge in [-0.3, -0.25) is 14.3 Å². The smallest absolute Gasteiger partial charge is 0.264 e. The highest BCUT2D eigenvalue weighted by Gasteiger charge is 2.27. The molecule has 1 aromatic heterocycles. The molecular weight excluding hydrogens is 452 g/mol. The van der Waals surface area contributed by atoms with E-state index in [-0.39, 0.29) is 34.9 Å². The van der Waals surface area contributed by atoms with Crippen LogP contribution in [0.1, 0.15) is 5.56 Å². The zero-order valence-corrected chi connectivity index (χ0v) is 18.8. The lowest BCUT2D eigenvalue weighted by atomic mass is 10.1. The van der Waals surface area contributed by atoms with Gasteiger partial charge in [0.25, 0.3) is 15.9 Å². The lowest BCUT2D eigenvalue weighted by molar-refractivity contribution is -0.121. The first-order chi connectivity index (χ1) is 15.2. The molecular formula is C21H18N4O5S2. The van der Waals surface area contributed by atoms with Crippen LogP contribution in [0.3, 0.4) is 0 Å². The predicted molar refractivity (Wildman–Crippen MR) is 121 cm³/mol. The molecule has 164 valence electrons. The number of ether oxygens (including phenoxy) is 1. The third kappa shape index (κ3) is 3.39. The normalized spacial score (nSPS) is 15.4. The molecule has 0 atom stereocenters. The van der Waals surface area contributed by atoms with Crippen molar-refractivity contribution in [1.29, 1.82) is 0 Å². The van der Waals surface area contributed by atoms with Gasteiger partial charge in [0.15, 0.2) is 11.7 Å². The summed E-state index contributed by atoms with van der Waals surface area (Å²) in [6, 6.07) is 9.98. The SMILES string of the molecule is CN1C(=O)Cc2cc(S(=O)(=O)Nc3nc(-c4ccc5c(c4)N(C)C(=O)CO5)cs3)ccc21. The van der Waals surface area contributed by atoms with Gasteiger partial charge in [0, 0.05) is 30.7 Å². The van der Waals surface area contributed by atoms with Gasteiger partial charge in [-0.25, -0.2) is 13.4 Å². The van der Waals surface area contributed by atoms with Crippen molar-refractivity contribution < 1.29 is 22.7 Å². The molecule has 11 heteroatoms. The quantitative estimate of drug-likeness (QED) is 0.628. The number of nitrogens with zero attached hydrogens (tertiary/aromatic N) is 3. The molecule has 32 heavy (non-hydrogen) atoms. The maximum Gasteiger partial charge on any atom is 0.264 e. The number of carbonyl (C=O) groups excluding carboxylic acids is 2. The molecule has 3 aromatic rings. The van der Waals surface area contributed by atoms with Gasteiger partial charge in [0.2, 0.25) is 5.91 Å². The summed E-state index contributed by atoms with van der Waals surface area (Å²) in [5.74, 6) is 0.381. The fourth-order valence-electron chi connectivity index (χ4n) is 3.67. The Labute approximate surface area is 188 Å². The highest BCUT2D eigenvalue weighted by atomic mass is 32.2. The third-order valence-corrected chi connectivity index (χ3v) is 7.73. The van der Waals surface area contributed by atoms with Crippen molar-refractivity contribution >= 4 is 49.7 Å². The molecule has 2 amide bonds. The average molecular weight is 471 g/mol. The summed E-state index contributed by atoms with van der Waals surface area (Å²) in [6.45, 7) is -0.00137. The van der Waals surface area contributed by atoms with Gasteiger partial charge in [0.1, 0.15) is 5.75 Å². The van der Waals surface area contributed by atoms with Crippen molar-refractivity contribution in [3.05, 3.63) is 47.3 Å². The largest absolute Gasteiger partial charge is 0.482 e. The summed E-state index contributed by atoms with van der Waals surface area (Å²) in [5.41, 5.74) is 3.32. The summed E-state index contributed by atoms with van der Waals surface area (Å²) in [4.78, 5) is 31.3. The lowest BCUT2D eigenvalue weighted by Crippen LogP contribution is -2.35. The van der Waals surface area contributed by atoms with Gasteiger partial charge >= 0.3 is 0 Å². The molecule has 0 aliphatic carbocycles. The molecule has 0 spiro atoms. The summed E-state index contributed by atoms with van der Waals surface area (Å²) in [7, 11) is -0.532. The molecule has 2 aliphatic rings. The third-order valence-electron chi connectivity index (χ3n) is 5.51. The predicted octanol–water partition coefficient (Wildman–Crippen LogP) is 2.49. The highest BCUT2D eigenvalue weighted by molar-refractivity contribution is 7.93. The van der Waals surface area contributed by atoms with Crippen molar-refractivity contribution in [3.8, 4) is 17.0 Å². The number of rotatable bonds is 4. The first-order valence-corrected chi connectivity index (χ1v) is 12.0. The van der Waals surface area contributed by atoms with E-state index in [1.165, 1.54) is 21.9 Å². The van der Waals surface area contributed by atoms with Crippen molar-refractivity contribution in [3.63, 3.8) is 0 Å². The van der Waals surface area contributed by atoms with Gasteiger partial charge < -0.3 is 14.5 Å². The molecule has 2 aliphatic heterocycles. The summed E-state index contributed by atoms with van der Waals surface area (Å²) in [5, 5.41) is 1.95. The number of thiazole rings is 1. The summed E-state index contributed by atoms with van der Waals surface area (Å²) in [6.07, 6.45) is 0.176. The Morgan fingerprint density at radius 3 is 2.62 bits per heavy atom. The molecule has 2 aromatic carbocycles. The second kappa shape index (κ2) is 7.31. The van der Waals surface area contributed by atoms with E-state index in [0.29, 0.717) is 28.4 Å². The fourth-order valence-corrected chi connectivity index (χ4v) is 5.69. The van der Waals surface area contributed by atoms with Crippen LogP contribution in [0.2, 0.25) is 0 Å². The number of sulfonamides is 1. The minimum absolute atomic E-state index is 0.00137. The maximum absolute atomic E-state index is 12.9. The van der Waals surface area contributed by atoms with E-state index in [1.54, 1.807) is 37.7 Å². The fraction of sp³-hybridized carbons (Fsp3) is 0.190. The maximum atomic E-state index is 12.9. The standard InChI is InChI=1S/C21H18N4O5S2/c1-24-16-5-4-14(7-13(16)9-19(24)26)32(28,29)23-21-22-15(11-31-21)12-3-6-18-17(8-12)25(2)20(27)10-30-18/h3-8,11H,9-10H2,1-2H3,(H,22,23). The number of carbonyl (C=O) groups is 2. The number of hydrogen-bond acceptors (Lipinski definition) is 7. The van der Waals surface area contributed by atoms with Crippen LogP contribution in [0, 0.1) is 0 Å². The van der Waals surface area contributed by atoms with Crippen LogP contribution in [-0.4, -0.2) is 45.9 Å². The van der Waals surface area contributed by atoms with Crippen LogP contribution < -0.4 is 19.3 Å². The van der Waals surface area contributed by atoms with Crippen molar-refractivity contribution in [1.82, 2.24) is 4.98 Å². The summed E-state index contributed by atoms with van der Waals surface area (Å²) < 4.78 is 33.7. The van der Waals surface area contributed by atoms with E-state index in [2.05, 4.69) is 9.71 Å². The van der Waals surface area contributed by atoms with Gasteiger partial charge in [-0.2, -0.15) is 0 Å². The number of anilines is 3. The minimum Gasteiger partial charge on any atom is -0.482 e. The molecule has 3 heterocycles. The molecule has 0 saturated heterocycles. The van der Waals surface area contributed by atoms with Crippen molar-refractivity contribution in [2.45, 2.75) is 11.3 Å². The number of fused-ring (bicyclic) bond motifs is 2. The van der Waals surface area contributed by atoms with E-state index in [4.69, 9.17) is 4.74 Å². The molecule has 9 nitrogen and oxygen atoms in total. The number of nitrogens with one attached hydrogen (secondary N) is 1. The second-order valence-electron chi connectivity index (χ2n) is 7.49. The van der Waals surface area contributed by atoms with Crippen LogP contribution in [0.25, 0.3) is 11.3 Å². The molecule has 0 fully saturated rings. The van der Waals surface area contributed by atoms with Crippen LogP contribution in [0.4, 0.5) is 16.5 Å². The number of aromatic nitrogens is 1. The Kier molecular flexibility index (Phi) is 4.68. The molecule has 0 radical (unpaired) electrons. The first kappa shape index (κ1) is 20.5. The van der Waals surface area contributed by atoms with Gasteiger partial charge in [-0.15, -0.1) is 11.3 Å².